The second-order valence-corrected chi connectivity index (χ2v) is 11.8. The molecule has 2 aromatic rings. The third-order valence-electron chi connectivity index (χ3n) is 7.79. The number of ether oxygens (including phenoxy) is 3. The van der Waals surface area contributed by atoms with Crippen molar-refractivity contribution < 1.29 is 32.9 Å². The fraction of sp³-hybridized carbons (Fsp3) is 0.633. The number of nitrogens with zero attached hydrogens (tertiary/aromatic N) is 1. The minimum atomic E-state index is -2.94. The number of rotatable bonds is 15. The Morgan fingerprint density at radius 1 is 1.08 bits per heavy atom. The first kappa shape index (κ1) is 29.9. The van der Waals surface area contributed by atoms with E-state index in [9.17, 15) is 18.7 Å². The van der Waals surface area contributed by atoms with Gasteiger partial charge in [-0.05, 0) is 81.0 Å². The minimum Gasteiger partial charge on any atom is -0.487 e. The maximum absolute atomic E-state index is 14.5. The minimum absolute atomic E-state index is 0.112. The number of carbonyl (C=O) groups excluding carboxylic acids is 1. The van der Waals surface area contributed by atoms with Gasteiger partial charge in [0.2, 0.25) is 0 Å². The topological polar surface area (TPSA) is 68.2 Å². The molecule has 1 aliphatic heterocycles. The Bertz CT molecular complexity index is 998. The fourth-order valence-corrected chi connectivity index (χ4v) is 6.52. The van der Waals surface area contributed by atoms with E-state index in [1.165, 1.54) is 11.3 Å². The number of aliphatic hydroxyl groups excluding tert-OH is 1. The number of halogens is 2. The standard InChI is InChI=1S/C30H41F2NO5S/c31-30(32,22-38-24-7-2-1-3-8-24)15-14-26-23(10-12-27(26)34)6-4-9-25-11-13-28(39-25)29(35)37-19-5-16-33-17-20-36-21-18-33/h1-3,7-8,11,13,23,26-27,34H,4-6,9-10,12,14-22H2/t23-,26+,27+/m0/s1. The number of benzene rings is 1. The number of aliphatic hydroxyl groups is 1. The van der Waals surface area contributed by atoms with Gasteiger partial charge in [0.25, 0.3) is 5.92 Å². The summed E-state index contributed by atoms with van der Waals surface area (Å²) in [7, 11) is 0. The summed E-state index contributed by atoms with van der Waals surface area (Å²) in [5.41, 5.74) is 0. The highest BCUT2D eigenvalue weighted by atomic mass is 32.1. The number of esters is 1. The van der Waals surface area contributed by atoms with Gasteiger partial charge in [0, 0.05) is 30.9 Å². The molecule has 216 valence electrons. The van der Waals surface area contributed by atoms with E-state index in [0.717, 1.165) is 69.8 Å². The van der Waals surface area contributed by atoms with Crippen LogP contribution in [0, 0.1) is 11.8 Å². The quantitative estimate of drug-likeness (QED) is 0.217. The molecule has 6 nitrogen and oxygen atoms in total. The first-order valence-corrected chi connectivity index (χ1v) is 15.0. The van der Waals surface area contributed by atoms with E-state index < -0.39 is 18.6 Å². The Labute approximate surface area is 234 Å². The molecule has 9 heteroatoms. The zero-order valence-electron chi connectivity index (χ0n) is 22.6. The molecule has 0 unspecified atom stereocenters. The van der Waals surface area contributed by atoms with E-state index in [-0.39, 0.29) is 30.6 Å². The molecule has 0 bridgehead atoms. The molecular formula is C30H41F2NO5S. The molecule has 0 amide bonds. The third kappa shape index (κ3) is 9.81. The van der Waals surface area contributed by atoms with Crippen molar-refractivity contribution in [3.63, 3.8) is 0 Å². The molecule has 1 aromatic heterocycles. The molecule has 0 radical (unpaired) electrons. The van der Waals surface area contributed by atoms with Crippen molar-refractivity contribution in [3.05, 3.63) is 52.2 Å². The van der Waals surface area contributed by atoms with Gasteiger partial charge in [-0.15, -0.1) is 11.3 Å². The molecule has 1 aliphatic carbocycles. The summed E-state index contributed by atoms with van der Waals surface area (Å²) in [5, 5.41) is 10.5. The molecule has 2 fully saturated rings. The van der Waals surface area contributed by atoms with Gasteiger partial charge in [-0.1, -0.05) is 18.2 Å². The lowest BCUT2D eigenvalue weighted by Gasteiger charge is -2.26. The van der Waals surface area contributed by atoms with Crippen LogP contribution < -0.4 is 4.74 Å². The fourth-order valence-electron chi connectivity index (χ4n) is 5.58. The van der Waals surface area contributed by atoms with E-state index in [1.54, 1.807) is 24.3 Å². The maximum atomic E-state index is 14.5. The van der Waals surface area contributed by atoms with Gasteiger partial charge in [-0.25, -0.2) is 13.6 Å². The molecule has 4 rings (SSSR count). The second kappa shape index (κ2) is 15.1. The largest absolute Gasteiger partial charge is 0.487 e. The van der Waals surface area contributed by atoms with E-state index in [0.29, 0.717) is 23.7 Å². The molecule has 1 N–H and O–H groups in total. The predicted octanol–water partition coefficient (Wildman–Crippen LogP) is 5.83. The summed E-state index contributed by atoms with van der Waals surface area (Å²) in [6.07, 6.45) is 4.43. The first-order valence-electron chi connectivity index (χ1n) is 14.2. The molecular weight excluding hydrogens is 524 g/mol. The summed E-state index contributed by atoms with van der Waals surface area (Å²) >= 11 is 1.46. The smallest absolute Gasteiger partial charge is 0.348 e. The lowest BCUT2D eigenvalue weighted by Crippen LogP contribution is -2.37. The molecule has 0 spiro atoms. The van der Waals surface area contributed by atoms with Crippen LogP contribution in [0.2, 0.25) is 0 Å². The molecule has 3 atom stereocenters. The number of carbonyl (C=O) groups is 1. The molecule has 2 aliphatic rings. The van der Waals surface area contributed by atoms with Gasteiger partial charge < -0.3 is 19.3 Å². The number of para-hydroxylation sites is 1. The van der Waals surface area contributed by atoms with Crippen LogP contribution in [0.4, 0.5) is 8.78 Å². The normalized spacial score (nSPS) is 22.2. The molecule has 39 heavy (non-hydrogen) atoms. The SMILES string of the molecule is O=C(OCCCN1CCOCC1)c1ccc(CCC[C@H]2CC[C@@H](O)[C@@H]2CCC(F)(F)COc2ccccc2)s1. The Balaban J connectivity index is 1.14. The Morgan fingerprint density at radius 2 is 1.87 bits per heavy atom. The number of aryl methyl sites for hydroxylation is 1. The average Bonchev–Trinajstić information content (AvgIpc) is 3.56. The summed E-state index contributed by atoms with van der Waals surface area (Å²) in [4.78, 5) is 16.5. The first-order chi connectivity index (χ1) is 18.9. The Morgan fingerprint density at radius 3 is 2.67 bits per heavy atom. The predicted molar refractivity (Wildman–Crippen MR) is 148 cm³/mol. The molecule has 2 heterocycles. The highest BCUT2D eigenvalue weighted by Gasteiger charge is 2.38. The van der Waals surface area contributed by atoms with Crippen molar-refractivity contribution in [2.45, 2.75) is 63.4 Å². The highest BCUT2D eigenvalue weighted by molar-refractivity contribution is 7.13. The van der Waals surface area contributed by atoms with Gasteiger partial charge in [-0.3, -0.25) is 4.90 Å². The summed E-state index contributed by atoms with van der Waals surface area (Å²) in [6, 6.07) is 12.5. The van der Waals surface area contributed by atoms with E-state index in [1.807, 2.05) is 18.2 Å². The van der Waals surface area contributed by atoms with Crippen molar-refractivity contribution >= 4 is 17.3 Å². The number of alkyl halides is 2. The summed E-state index contributed by atoms with van der Waals surface area (Å²) in [5.74, 6) is -2.65. The van der Waals surface area contributed by atoms with Gasteiger partial charge in [-0.2, -0.15) is 0 Å². The lowest BCUT2D eigenvalue weighted by molar-refractivity contribution is -0.0564. The number of hydrogen-bond acceptors (Lipinski definition) is 7. The van der Waals surface area contributed by atoms with Crippen LogP contribution in [0.15, 0.2) is 42.5 Å². The number of morpholine rings is 1. The van der Waals surface area contributed by atoms with Gasteiger partial charge in [0.05, 0.1) is 25.9 Å². The van der Waals surface area contributed by atoms with Crippen molar-refractivity contribution in [3.8, 4) is 5.75 Å². The van der Waals surface area contributed by atoms with Crippen LogP contribution in [-0.4, -0.2) is 74.1 Å². The van der Waals surface area contributed by atoms with E-state index in [2.05, 4.69) is 4.90 Å². The third-order valence-corrected chi connectivity index (χ3v) is 8.91. The van der Waals surface area contributed by atoms with E-state index in [4.69, 9.17) is 14.2 Å². The molecule has 1 saturated heterocycles. The van der Waals surface area contributed by atoms with Gasteiger partial charge in [0.15, 0.2) is 6.61 Å². The molecule has 1 saturated carbocycles. The summed E-state index contributed by atoms with van der Waals surface area (Å²) in [6.45, 7) is 4.05. The molecule has 1 aromatic carbocycles. The second-order valence-electron chi connectivity index (χ2n) is 10.7. The van der Waals surface area contributed by atoms with Crippen molar-refractivity contribution in [2.75, 3.05) is 46.1 Å². The van der Waals surface area contributed by atoms with Crippen molar-refractivity contribution in [2.24, 2.45) is 11.8 Å². The van der Waals surface area contributed by atoms with Crippen molar-refractivity contribution in [1.82, 2.24) is 4.90 Å². The maximum Gasteiger partial charge on any atom is 0.348 e. The number of thiophene rings is 1. The van der Waals surface area contributed by atoms with Crippen LogP contribution in [0.25, 0.3) is 0 Å². The van der Waals surface area contributed by atoms with Gasteiger partial charge in [0.1, 0.15) is 10.6 Å². The van der Waals surface area contributed by atoms with Crippen LogP contribution in [-0.2, 0) is 15.9 Å². The average molecular weight is 566 g/mol. The Kier molecular flexibility index (Phi) is 11.6. The van der Waals surface area contributed by atoms with Gasteiger partial charge >= 0.3 is 5.97 Å². The highest BCUT2D eigenvalue weighted by Crippen LogP contribution is 2.40. The zero-order chi connectivity index (χ0) is 27.5. The number of hydrogen-bond donors (Lipinski definition) is 1. The van der Waals surface area contributed by atoms with Crippen LogP contribution in [0.5, 0.6) is 5.75 Å². The van der Waals surface area contributed by atoms with Crippen molar-refractivity contribution in [1.29, 1.82) is 0 Å². The van der Waals surface area contributed by atoms with Crippen LogP contribution >= 0.6 is 11.3 Å². The van der Waals surface area contributed by atoms with Crippen LogP contribution in [0.3, 0.4) is 0 Å². The zero-order valence-corrected chi connectivity index (χ0v) is 23.4. The monoisotopic (exact) mass is 565 g/mol. The Hall–Kier alpha value is -2.07. The van der Waals surface area contributed by atoms with E-state index >= 15 is 0 Å². The van der Waals surface area contributed by atoms with Crippen LogP contribution in [0.1, 0.15) is 59.5 Å². The lowest BCUT2D eigenvalue weighted by atomic mass is 9.86. The summed E-state index contributed by atoms with van der Waals surface area (Å²) < 4.78 is 45.1.